The molecule has 1 saturated carbocycles. The average Bonchev–Trinajstić information content (AvgIpc) is 3.58. The molecule has 0 radical (unpaired) electrons. The van der Waals surface area contributed by atoms with Gasteiger partial charge in [0.2, 0.25) is 11.8 Å². The summed E-state index contributed by atoms with van der Waals surface area (Å²) in [5.74, 6) is -0.362. The lowest BCUT2D eigenvalue weighted by molar-refractivity contribution is -0.132. The Balaban J connectivity index is 1.48. The first-order valence-corrected chi connectivity index (χ1v) is 10.3. The third-order valence-corrected chi connectivity index (χ3v) is 5.62. The molecule has 2 aliphatic rings. The Hall–Kier alpha value is -3.62. The van der Waals surface area contributed by atoms with Crippen LogP contribution in [0.25, 0.3) is 0 Å². The fourth-order valence-corrected chi connectivity index (χ4v) is 3.69. The topological polar surface area (TPSA) is 79.4 Å². The highest BCUT2D eigenvalue weighted by Crippen LogP contribution is 2.32. The van der Waals surface area contributed by atoms with Crippen LogP contribution in [0.4, 0.5) is 10.1 Å². The van der Waals surface area contributed by atoms with Crippen LogP contribution in [0, 0.1) is 5.82 Å². The molecule has 0 aromatic heterocycles. The van der Waals surface area contributed by atoms with Crippen LogP contribution in [-0.4, -0.2) is 67.5 Å². The van der Waals surface area contributed by atoms with Crippen LogP contribution in [0.1, 0.15) is 23.2 Å². The maximum Gasteiger partial charge on any atom is 0.258 e. The minimum Gasteiger partial charge on any atom is -0.497 e. The summed E-state index contributed by atoms with van der Waals surface area (Å²) in [6.07, 6.45) is 1.64. The van der Waals surface area contributed by atoms with Crippen molar-refractivity contribution in [1.82, 2.24) is 9.80 Å². The Labute approximate surface area is 185 Å². The Kier molecular flexibility index (Phi) is 5.98. The quantitative estimate of drug-likeness (QED) is 0.659. The number of hydrogen-bond acceptors (Lipinski definition) is 5. The van der Waals surface area contributed by atoms with Crippen molar-refractivity contribution in [3.05, 3.63) is 53.8 Å². The first-order valence-electron chi connectivity index (χ1n) is 10.3. The zero-order valence-electron chi connectivity index (χ0n) is 17.9. The molecular weight excluding hydrogens is 417 g/mol. The van der Waals surface area contributed by atoms with E-state index >= 15 is 0 Å². The Morgan fingerprint density at radius 3 is 2.44 bits per heavy atom. The van der Waals surface area contributed by atoms with E-state index in [1.165, 1.54) is 53.2 Å². The number of halogens is 1. The van der Waals surface area contributed by atoms with Gasteiger partial charge in [-0.3, -0.25) is 19.3 Å². The third-order valence-electron chi connectivity index (χ3n) is 5.62. The van der Waals surface area contributed by atoms with Crippen LogP contribution >= 0.6 is 0 Å². The zero-order valence-corrected chi connectivity index (χ0v) is 17.9. The zero-order chi connectivity index (χ0) is 22.8. The van der Waals surface area contributed by atoms with Crippen molar-refractivity contribution in [1.29, 1.82) is 0 Å². The molecule has 0 spiro atoms. The number of hydrogen-bond donors (Lipinski definition) is 0. The number of ether oxygens (including phenoxy) is 2. The van der Waals surface area contributed by atoms with Gasteiger partial charge in [0.15, 0.2) is 0 Å². The van der Waals surface area contributed by atoms with Crippen LogP contribution in [0.15, 0.2) is 42.5 Å². The molecule has 2 aromatic rings. The SMILES string of the molecule is COc1ccc(C(=O)N(CC(=O)N2CC(=O)N(c3ccc(F)cc3)C2)C2CC2)c(OC)c1. The van der Waals surface area contributed by atoms with Crippen molar-refractivity contribution in [2.45, 2.75) is 18.9 Å². The predicted molar refractivity (Wildman–Crippen MR) is 114 cm³/mol. The molecule has 4 rings (SSSR count). The fourth-order valence-electron chi connectivity index (χ4n) is 3.69. The Morgan fingerprint density at radius 2 is 1.81 bits per heavy atom. The van der Waals surface area contributed by atoms with Gasteiger partial charge in [-0.25, -0.2) is 4.39 Å². The molecule has 32 heavy (non-hydrogen) atoms. The van der Waals surface area contributed by atoms with Crippen LogP contribution in [0.2, 0.25) is 0 Å². The third kappa shape index (κ3) is 4.37. The van der Waals surface area contributed by atoms with E-state index in [0.29, 0.717) is 22.7 Å². The summed E-state index contributed by atoms with van der Waals surface area (Å²) in [5, 5.41) is 0. The van der Waals surface area contributed by atoms with Gasteiger partial charge in [0, 0.05) is 17.8 Å². The normalized spacial score (nSPS) is 15.7. The van der Waals surface area contributed by atoms with E-state index in [2.05, 4.69) is 0 Å². The van der Waals surface area contributed by atoms with E-state index in [-0.39, 0.29) is 43.5 Å². The second kappa shape index (κ2) is 8.86. The Morgan fingerprint density at radius 1 is 1.09 bits per heavy atom. The minimum absolute atomic E-state index is 0.0234. The summed E-state index contributed by atoms with van der Waals surface area (Å²) in [7, 11) is 3.00. The number of nitrogens with zero attached hydrogens (tertiary/aromatic N) is 3. The van der Waals surface area contributed by atoms with E-state index in [4.69, 9.17) is 9.47 Å². The predicted octanol–water partition coefficient (Wildman–Crippen LogP) is 2.28. The molecule has 3 amide bonds. The van der Waals surface area contributed by atoms with Gasteiger partial charge in [0.05, 0.1) is 19.8 Å². The van der Waals surface area contributed by atoms with Crippen LogP contribution in [0.5, 0.6) is 11.5 Å². The summed E-state index contributed by atoms with van der Waals surface area (Å²) in [6.45, 7) is -0.167. The van der Waals surface area contributed by atoms with E-state index in [1.807, 2.05) is 0 Å². The molecule has 0 atom stereocenters. The number of carbonyl (C=O) groups excluding carboxylic acids is 3. The van der Waals surface area contributed by atoms with Gasteiger partial charge in [-0.2, -0.15) is 0 Å². The fraction of sp³-hybridized carbons (Fsp3) is 0.348. The maximum absolute atomic E-state index is 13.3. The van der Waals surface area contributed by atoms with E-state index < -0.39 is 5.82 Å². The standard InChI is InChI=1S/C23H24FN3O5/c1-31-18-9-10-19(20(11-18)32-2)23(30)26(16-7-8-16)13-21(28)25-12-22(29)27(14-25)17-5-3-15(24)4-6-17/h3-6,9-11,16H,7-8,12-14H2,1-2H3. The van der Waals surface area contributed by atoms with Gasteiger partial charge in [-0.15, -0.1) is 0 Å². The maximum atomic E-state index is 13.3. The summed E-state index contributed by atoms with van der Waals surface area (Å²) in [6, 6.07) is 10.4. The smallest absolute Gasteiger partial charge is 0.258 e. The minimum atomic E-state index is -0.402. The lowest BCUT2D eigenvalue weighted by Gasteiger charge is -2.25. The van der Waals surface area contributed by atoms with Gasteiger partial charge in [-0.05, 0) is 49.2 Å². The van der Waals surface area contributed by atoms with Gasteiger partial charge in [0.1, 0.15) is 37.1 Å². The monoisotopic (exact) mass is 441 g/mol. The average molecular weight is 441 g/mol. The molecule has 0 N–H and O–H groups in total. The molecule has 8 nitrogen and oxygen atoms in total. The van der Waals surface area contributed by atoms with Gasteiger partial charge in [0.25, 0.3) is 5.91 Å². The number of amides is 3. The Bertz CT molecular complexity index is 1040. The molecule has 0 unspecified atom stereocenters. The lowest BCUT2D eigenvalue weighted by atomic mass is 10.1. The second-order valence-electron chi connectivity index (χ2n) is 7.76. The van der Waals surface area contributed by atoms with Crippen molar-refractivity contribution in [3.8, 4) is 11.5 Å². The number of methoxy groups -OCH3 is 2. The number of rotatable bonds is 7. The van der Waals surface area contributed by atoms with E-state index in [9.17, 15) is 18.8 Å². The summed E-state index contributed by atoms with van der Waals surface area (Å²) in [5.41, 5.74) is 0.864. The molecule has 1 saturated heterocycles. The van der Waals surface area contributed by atoms with Crippen LogP contribution in [-0.2, 0) is 9.59 Å². The molecule has 1 heterocycles. The van der Waals surface area contributed by atoms with Crippen molar-refractivity contribution in [3.63, 3.8) is 0 Å². The highest BCUT2D eigenvalue weighted by Gasteiger charge is 2.38. The lowest BCUT2D eigenvalue weighted by Crippen LogP contribution is -2.43. The van der Waals surface area contributed by atoms with Gasteiger partial charge in [-0.1, -0.05) is 0 Å². The second-order valence-corrected chi connectivity index (χ2v) is 7.76. The molecule has 0 bridgehead atoms. The van der Waals surface area contributed by atoms with Gasteiger partial charge >= 0.3 is 0 Å². The molecule has 9 heteroatoms. The highest BCUT2D eigenvalue weighted by molar-refractivity contribution is 6.02. The molecule has 1 aliphatic carbocycles. The van der Waals surface area contributed by atoms with Crippen molar-refractivity contribution >= 4 is 23.4 Å². The van der Waals surface area contributed by atoms with E-state index in [1.54, 1.807) is 18.2 Å². The number of anilines is 1. The highest BCUT2D eigenvalue weighted by atomic mass is 19.1. The number of carbonyl (C=O) groups is 3. The summed E-state index contributed by atoms with van der Waals surface area (Å²) >= 11 is 0. The van der Waals surface area contributed by atoms with Crippen molar-refractivity contribution in [2.75, 3.05) is 38.9 Å². The van der Waals surface area contributed by atoms with Crippen molar-refractivity contribution < 1.29 is 28.2 Å². The largest absolute Gasteiger partial charge is 0.497 e. The number of benzene rings is 2. The van der Waals surface area contributed by atoms with Crippen molar-refractivity contribution in [2.24, 2.45) is 0 Å². The van der Waals surface area contributed by atoms with E-state index in [0.717, 1.165) is 12.8 Å². The summed E-state index contributed by atoms with van der Waals surface area (Å²) in [4.78, 5) is 43.1. The first kappa shape index (κ1) is 21.6. The summed E-state index contributed by atoms with van der Waals surface area (Å²) < 4.78 is 23.7. The molecule has 1 aliphatic heterocycles. The van der Waals surface area contributed by atoms with Crippen LogP contribution in [0.3, 0.4) is 0 Å². The van der Waals surface area contributed by atoms with Gasteiger partial charge < -0.3 is 19.3 Å². The molecular formula is C23H24FN3O5. The molecule has 2 fully saturated rings. The molecule has 168 valence electrons. The molecule has 2 aromatic carbocycles. The van der Waals surface area contributed by atoms with Crippen LogP contribution < -0.4 is 14.4 Å². The first-order chi connectivity index (χ1) is 15.4.